The Morgan fingerprint density at radius 1 is 1.50 bits per heavy atom. The molecule has 5 heteroatoms. The quantitative estimate of drug-likeness (QED) is 0.898. The van der Waals surface area contributed by atoms with E-state index >= 15 is 0 Å². The maximum absolute atomic E-state index is 12.1. The number of halogens is 1. The molecule has 2 N–H and O–H groups in total. The van der Waals surface area contributed by atoms with E-state index in [1.54, 1.807) is 12.1 Å². The van der Waals surface area contributed by atoms with Gasteiger partial charge in [0.2, 0.25) is 5.91 Å². The molecule has 0 aromatic heterocycles. The Hall–Kier alpha value is -1.26. The Kier molecular flexibility index (Phi) is 5.26. The Balaban J connectivity index is 1.99. The largest absolute Gasteiger partial charge is 0.489 e. The van der Waals surface area contributed by atoms with E-state index in [0.717, 1.165) is 25.9 Å². The van der Waals surface area contributed by atoms with Crippen LogP contribution in [0, 0.1) is 5.92 Å². The minimum atomic E-state index is 0.0362. The zero-order chi connectivity index (χ0) is 14.5. The summed E-state index contributed by atoms with van der Waals surface area (Å²) in [5.41, 5.74) is 0.710. The molecule has 20 heavy (non-hydrogen) atoms. The van der Waals surface area contributed by atoms with Gasteiger partial charge in [0.05, 0.1) is 17.0 Å². The highest BCUT2D eigenvalue weighted by Gasteiger charge is 2.21. The van der Waals surface area contributed by atoms with Gasteiger partial charge in [-0.05, 0) is 51.4 Å². The lowest BCUT2D eigenvalue weighted by molar-refractivity contribution is -0.120. The fourth-order valence-electron chi connectivity index (χ4n) is 2.25. The van der Waals surface area contributed by atoms with Gasteiger partial charge in [-0.2, -0.15) is 0 Å². The van der Waals surface area contributed by atoms with Crippen molar-refractivity contribution in [1.29, 1.82) is 0 Å². The van der Waals surface area contributed by atoms with Crippen molar-refractivity contribution >= 4 is 23.2 Å². The van der Waals surface area contributed by atoms with Crippen LogP contribution in [0.4, 0.5) is 5.69 Å². The van der Waals surface area contributed by atoms with Gasteiger partial charge < -0.3 is 15.4 Å². The second kappa shape index (κ2) is 6.95. The van der Waals surface area contributed by atoms with Gasteiger partial charge in [-0.25, -0.2) is 0 Å². The smallest absolute Gasteiger partial charge is 0.228 e. The molecule has 1 saturated heterocycles. The molecular formula is C15H21ClN2O2. The fourth-order valence-corrected chi connectivity index (χ4v) is 2.47. The highest BCUT2D eigenvalue weighted by Crippen LogP contribution is 2.28. The number of piperidine rings is 1. The van der Waals surface area contributed by atoms with Crippen molar-refractivity contribution in [3.8, 4) is 5.75 Å². The van der Waals surface area contributed by atoms with Crippen molar-refractivity contribution in [2.45, 2.75) is 32.8 Å². The van der Waals surface area contributed by atoms with Crippen LogP contribution in [0.5, 0.6) is 5.75 Å². The number of amides is 1. The number of carbonyl (C=O) groups is 1. The lowest BCUT2D eigenvalue weighted by Gasteiger charge is -2.22. The third-order valence-corrected chi connectivity index (χ3v) is 3.53. The van der Waals surface area contributed by atoms with Gasteiger partial charge in [-0.1, -0.05) is 11.6 Å². The molecular weight excluding hydrogens is 276 g/mol. The van der Waals surface area contributed by atoms with Gasteiger partial charge in [0.1, 0.15) is 5.75 Å². The third kappa shape index (κ3) is 4.12. The number of benzene rings is 1. The minimum absolute atomic E-state index is 0.0362. The average Bonchev–Trinajstić information content (AvgIpc) is 2.42. The number of anilines is 1. The summed E-state index contributed by atoms with van der Waals surface area (Å²) in [4.78, 5) is 12.1. The molecule has 1 fully saturated rings. The summed E-state index contributed by atoms with van der Waals surface area (Å²) in [6, 6.07) is 5.34. The van der Waals surface area contributed by atoms with Gasteiger partial charge in [0, 0.05) is 12.2 Å². The maximum Gasteiger partial charge on any atom is 0.228 e. The van der Waals surface area contributed by atoms with Crippen LogP contribution in [-0.2, 0) is 4.79 Å². The van der Waals surface area contributed by atoms with Crippen LogP contribution in [0.3, 0.4) is 0 Å². The molecule has 1 aromatic carbocycles. The Labute approximate surface area is 124 Å². The van der Waals surface area contributed by atoms with E-state index in [-0.39, 0.29) is 17.9 Å². The zero-order valence-corrected chi connectivity index (χ0v) is 12.7. The first-order valence-corrected chi connectivity index (χ1v) is 7.42. The van der Waals surface area contributed by atoms with E-state index in [9.17, 15) is 4.79 Å². The number of ether oxygens (including phenoxy) is 1. The Morgan fingerprint density at radius 3 is 2.90 bits per heavy atom. The summed E-state index contributed by atoms with van der Waals surface area (Å²) in [5, 5.41) is 6.66. The van der Waals surface area contributed by atoms with Crippen LogP contribution >= 0.6 is 11.6 Å². The van der Waals surface area contributed by atoms with Crippen molar-refractivity contribution in [3.05, 3.63) is 23.2 Å². The number of carbonyl (C=O) groups excluding carboxylic acids is 1. The topological polar surface area (TPSA) is 50.4 Å². The monoisotopic (exact) mass is 296 g/mol. The van der Waals surface area contributed by atoms with Gasteiger partial charge in [-0.15, -0.1) is 0 Å². The summed E-state index contributed by atoms with van der Waals surface area (Å²) in [6.07, 6.45) is 2.04. The predicted molar refractivity (Wildman–Crippen MR) is 81.4 cm³/mol. The molecule has 0 radical (unpaired) electrons. The first-order valence-electron chi connectivity index (χ1n) is 7.04. The molecule has 1 aliphatic rings. The number of nitrogens with one attached hydrogen (secondary N) is 2. The second-order valence-corrected chi connectivity index (χ2v) is 5.75. The lowest BCUT2D eigenvalue weighted by Crippen LogP contribution is -2.37. The molecule has 0 bridgehead atoms. The normalized spacial score (nSPS) is 18.9. The van der Waals surface area contributed by atoms with Gasteiger partial charge >= 0.3 is 0 Å². The highest BCUT2D eigenvalue weighted by molar-refractivity contribution is 6.32. The lowest BCUT2D eigenvalue weighted by atomic mass is 9.99. The molecule has 4 nitrogen and oxygen atoms in total. The summed E-state index contributed by atoms with van der Waals surface area (Å²) >= 11 is 6.15. The fraction of sp³-hybridized carbons (Fsp3) is 0.533. The van der Waals surface area contributed by atoms with Gasteiger partial charge in [0.15, 0.2) is 0 Å². The van der Waals surface area contributed by atoms with Crippen LogP contribution in [0.1, 0.15) is 26.7 Å². The van der Waals surface area contributed by atoms with Crippen molar-refractivity contribution in [3.63, 3.8) is 0 Å². The number of hydrogen-bond donors (Lipinski definition) is 2. The third-order valence-electron chi connectivity index (χ3n) is 3.23. The molecule has 110 valence electrons. The van der Waals surface area contributed by atoms with Gasteiger partial charge in [-0.3, -0.25) is 4.79 Å². The van der Waals surface area contributed by atoms with E-state index < -0.39 is 0 Å². The molecule has 1 atom stereocenters. The summed E-state index contributed by atoms with van der Waals surface area (Å²) in [6.45, 7) is 5.63. The summed E-state index contributed by atoms with van der Waals surface area (Å²) in [5.74, 6) is 0.721. The molecule has 0 aliphatic carbocycles. The van der Waals surface area contributed by atoms with E-state index in [0.29, 0.717) is 16.5 Å². The molecule has 1 heterocycles. The molecule has 2 rings (SSSR count). The zero-order valence-electron chi connectivity index (χ0n) is 11.9. The van der Waals surface area contributed by atoms with Crippen LogP contribution in [0.25, 0.3) is 0 Å². The minimum Gasteiger partial charge on any atom is -0.489 e. The van der Waals surface area contributed by atoms with Gasteiger partial charge in [0.25, 0.3) is 0 Å². The second-order valence-electron chi connectivity index (χ2n) is 5.34. The van der Waals surface area contributed by atoms with Crippen molar-refractivity contribution in [2.24, 2.45) is 5.92 Å². The van der Waals surface area contributed by atoms with Crippen LogP contribution in [-0.4, -0.2) is 25.1 Å². The first-order chi connectivity index (χ1) is 9.56. The van der Waals surface area contributed by atoms with Crippen LogP contribution in [0.2, 0.25) is 5.02 Å². The average molecular weight is 297 g/mol. The summed E-state index contributed by atoms with van der Waals surface area (Å²) < 4.78 is 5.57. The van der Waals surface area contributed by atoms with E-state index in [1.807, 2.05) is 19.9 Å². The Bertz CT molecular complexity index is 471. The molecule has 1 aliphatic heterocycles. The summed E-state index contributed by atoms with van der Waals surface area (Å²) in [7, 11) is 0. The first kappa shape index (κ1) is 15.1. The number of hydrogen-bond acceptors (Lipinski definition) is 3. The SMILES string of the molecule is CC(C)Oc1ccc(NC(=O)[C@@H]2CCCNC2)cc1Cl. The van der Waals surface area contributed by atoms with Crippen LogP contribution in [0.15, 0.2) is 18.2 Å². The highest BCUT2D eigenvalue weighted by atomic mass is 35.5. The predicted octanol–water partition coefficient (Wildman–Crippen LogP) is 3.07. The van der Waals surface area contributed by atoms with Crippen molar-refractivity contribution < 1.29 is 9.53 Å². The van der Waals surface area contributed by atoms with E-state index in [1.165, 1.54) is 0 Å². The number of rotatable bonds is 4. The van der Waals surface area contributed by atoms with Crippen molar-refractivity contribution in [1.82, 2.24) is 5.32 Å². The molecule has 0 unspecified atom stereocenters. The van der Waals surface area contributed by atoms with Crippen LogP contribution < -0.4 is 15.4 Å². The Morgan fingerprint density at radius 2 is 2.30 bits per heavy atom. The van der Waals surface area contributed by atoms with E-state index in [4.69, 9.17) is 16.3 Å². The molecule has 1 aromatic rings. The molecule has 0 saturated carbocycles. The molecule has 0 spiro atoms. The standard InChI is InChI=1S/C15H21ClN2O2/c1-10(2)20-14-6-5-12(8-13(14)16)18-15(19)11-4-3-7-17-9-11/h5-6,8,10-11,17H,3-4,7,9H2,1-2H3,(H,18,19)/t11-/m1/s1. The maximum atomic E-state index is 12.1. The molecule has 1 amide bonds. The van der Waals surface area contributed by atoms with E-state index in [2.05, 4.69) is 10.6 Å². The van der Waals surface area contributed by atoms with Crippen molar-refractivity contribution in [2.75, 3.05) is 18.4 Å².